The van der Waals surface area contributed by atoms with Gasteiger partial charge in [0.1, 0.15) is 0 Å². The molecule has 1 aliphatic rings. The van der Waals surface area contributed by atoms with E-state index < -0.39 is 18.0 Å². The molecule has 27 heavy (non-hydrogen) atoms. The van der Waals surface area contributed by atoms with Crippen molar-refractivity contribution in [2.45, 2.75) is 39.9 Å². The summed E-state index contributed by atoms with van der Waals surface area (Å²) in [5, 5.41) is 9.91. The maximum absolute atomic E-state index is 12.3. The van der Waals surface area contributed by atoms with E-state index in [-0.39, 0.29) is 16.5 Å². The predicted octanol–water partition coefficient (Wildman–Crippen LogP) is 4.32. The van der Waals surface area contributed by atoms with E-state index in [1.54, 1.807) is 6.92 Å². The lowest BCUT2D eigenvalue weighted by Gasteiger charge is -2.28. The van der Waals surface area contributed by atoms with Gasteiger partial charge in [-0.05, 0) is 41.0 Å². The first kappa shape index (κ1) is 19.1. The predicted molar refractivity (Wildman–Crippen MR) is 101 cm³/mol. The van der Waals surface area contributed by atoms with Crippen LogP contribution in [-0.2, 0) is 22.5 Å². The number of carboxylic acid groups (broad SMARTS) is 1. The highest BCUT2D eigenvalue weighted by Crippen LogP contribution is 2.50. The molecule has 1 aliphatic carbocycles. The van der Waals surface area contributed by atoms with Crippen molar-refractivity contribution in [1.29, 1.82) is 0 Å². The van der Waals surface area contributed by atoms with Crippen molar-refractivity contribution in [2.24, 2.45) is 5.41 Å². The second kappa shape index (κ2) is 7.16. The first-order valence-electron chi connectivity index (χ1n) is 8.89. The number of esters is 1. The van der Waals surface area contributed by atoms with E-state index in [2.05, 4.69) is 13.8 Å². The molecule has 2 aromatic rings. The summed E-state index contributed by atoms with van der Waals surface area (Å²) in [5.74, 6) is -1.78. The fourth-order valence-corrected chi connectivity index (χ4v) is 3.97. The number of ether oxygens (including phenoxy) is 2. The molecule has 0 heterocycles. The lowest BCUT2D eigenvalue weighted by atomic mass is 9.86. The van der Waals surface area contributed by atoms with Crippen molar-refractivity contribution in [3.63, 3.8) is 0 Å². The summed E-state index contributed by atoms with van der Waals surface area (Å²) >= 11 is 0. The molecule has 3 rings (SSSR count). The minimum atomic E-state index is -1.14. The molecule has 0 amide bonds. The fourth-order valence-electron chi connectivity index (χ4n) is 3.97. The normalized spacial score (nSPS) is 17.4. The highest BCUT2D eigenvalue weighted by Gasteiger charge is 2.44. The van der Waals surface area contributed by atoms with E-state index in [0.717, 1.165) is 11.1 Å². The van der Waals surface area contributed by atoms with Crippen molar-refractivity contribution in [3.8, 4) is 0 Å². The van der Waals surface area contributed by atoms with Crippen LogP contribution in [0.1, 0.15) is 62.9 Å². The molecule has 0 aromatic heterocycles. The number of hydrogen-bond acceptors (Lipinski definition) is 4. The van der Waals surface area contributed by atoms with Gasteiger partial charge in [0.25, 0.3) is 0 Å². The number of aryl methyl sites for hydroxylation is 1. The van der Waals surface area contributed by atoms with Crippen molar-refractivity contribution in [2.75, 3.05) is 7.11 Å². The zero-order valence-corrected chi connectivity index (χ0v) is 16.0. The summed E-state index contributed by atoms with van der Waals surface area (Å²) in [5.41, 5.74) is 2.95. The smallest absolute Gasteiger partial charge is 0.339 e. The highest BCUT2D eigenvalue weighted by atomic mass is 16.5. The van der Waals surface area contributed by atoms with Crippen LogP contribution in [0, 0.1) is 12.3 Å². The van der Waals surface area contributed by atoms with Crippen LogP contribution in [0.5, 0.6) is 0 Å². The van der Waals surface area contributed by atoms with E-state index in [1.807, 2.05) is 36.4 Å². The Morgan fingerprint density at radius 1 is 1.19 bits per heavy atom. The zero-order valence-electron chi connectivity index (χ0n) is 16.0. The molecule has 1 N–H and O–H groups in total. The standard InChI is InChI=1S/C22H24O5/c1-13-10-15-11-22(2,3)19(27-12-14-8-6-5-7-9-14)17(15)18(20(23)24)16(13)21(25)26-4/h5-10,19H,11-12H2,1-4H3,(H,23,24). The Hall–Kier alpha value is -2.66. The summed E-state index contributed by atoms with van der Waals surface area (Å²) in [4.78, 5) is 24.4. The molecule has 0 saturated carbocycles. The maximum Gasteiger partial charge on any atom is 0.339 e. The first-order valence-corrected chi connectivity index (χ1v) is 8.89. The van der Waals surface area contributed by atoms with Gasteiger partial charge in [-0.15, -0.1) is 0 Å². The quantitative estimate of drug-likeness (QED) is 0.796. The van der Waals surface area contributed by atoms with Gasteiger partial charge in [0.2, 0.25) is 0 Å². The Morgan fingerprint density at radius 2 is 1.85 bits per heavy atom. The number of rotatable bonds is 5. The number of carbonyl (C=O) groups excluding carboxylic acids is 1. The molecular formula is C22H24O5. The summed E-state index contributed by atoms with van der Waals surface area (Å²) in [6, 6.07) is 11.6. The topological polar surface area (TPSA) is 72.8 Å². The largest absolute Gasteiger partial charge is 0.478 e. The minimum absolute atomic E-state index is 0.000451. The van der Waals surface area contributed by atoms with Crippen molar-refractivity contribution in [1.82, 2.24) is 0 Å². The molecule has 142 valence electrons. The molecule has 0 radical (unpaired) electrons. The summed E-state index contributed by atoms with van der Waals surface area (Å²) < 4.78 is 11.1. The summed E-state index contributed by atoms with van der Waals surface area (Å²) in [6.07, 6.45) is 0.257. The molecule has 5 heteroatoms. The minimum Gasteiger partial charge on any atom is -0.478 e. The van der Waals surface area contributed by atoms with Gasteiger partial charge < -0.3 is 14.6 Å². The van der Waals surface area contributed by atoms with Crippen molar-refractivity contribution < 1.29 is 24.2 Å². The maximum atomic E-state index is 12.3. The molecule has 0 bridgehead atoms. The first-order chi connectivity index (χ1) is 12.8. The third kappa shape index (κ3) is 3.47. The van der Waals surface area contributed by atoms with Crippen LogP contribution in [0.25, 0.3) is 0 Å². The average molecular weight is 368 g/mol. The van der Waals surface area contributed by atoms with Crippen LogP contribution in [0.15, 0.2) is 36.4 Å². The Labute approximate surface area is 158 Å². The van der Waals surface area contributed by atoms with Gasteiger partial charge in [-0.3, -0.25) is 0 Å². The summed E-state index contributed by atoms with van der Waals surface area (Å²) in [7, 11) is 1.26. The van der Waals surface area contributed by atoms with E-state index in [0.29, 0.717) is 24.2 Å². The van der Waals surface area contributed by atoms with Gasteiger partial charge in [-0.25, -0.2) is 9.59 Å². The summed E-state index contributed by atoms with van der Waals surface area (Å²) in [6.45, 7) is 6.22. The lowest BCUT2D eigenvalue weighted by molar-refractivity contribution is -0.0274. The van der Waals surface area contributed by atoms with Gasteiger partial charge in [0.05, 0.1) is 30.9 Å². The van der Waals surface area contributed by atoms with Gasteiger partial charge in [-0.2, -0.15) is 0 Å². The third-order valence-electron chi connectivity index (χ3n) is 5.13. The Morgan fingerprint density at radius 3 is 2.44 bits per heavy atom. The van der Waals surface area contributed by atoms with Gasteiger partial charge in [0.15, 0.2) is 0 Å². The monoisotopic (exact) mass is 368 g/mol. The second-order valence-corrected chi connectivity index (χ2v) is 7.65. The van der Waals surface area contributed by atoms with Crippen LogP contribution >= 0.6 is 0 Å². The van der Waals surface area contributed by atoms with E-state index in [9.17, 15) is 14.7 Å². The molecular weight excluding hydrogens is 344 g/mol. The van der Waals surface area contributed by atoms with E-state index in [4.69, 9.17) is 9.47 Å². The Kier molecular flexibility index (Phi) is 5.07. The number of aromatic carboxylic acids is 1. The highest BCUT2D eigenvalue weighted by molar-refractivity contribution is 6.05. The number of methoxy groups -OCH3 is 1. The van der Waals surface area contributed by atoms with Crippen LogP contribution in [-0.4, -0.2) is 24.2 Å². The lowest BCUT2D eigenvalue weighted by Crippen LogP contribution is -2.23. The van der Waals surface area contributed by atoms with Crippen LogP contribution in [0.4, 0.5) is 0 Å². The molecule has 0 spiro atoms. The van der Waals surface area contributed by atoms with E-state index >= 15 is 0 Å². The molecule has 0 saturated heterocycles. The number of hydrogen-bond donors (Lipinski definition) is 1. The number of carbonyl (C=O) groups is 2. The average Bonchev–Trinajstić information content (AvgIpc) is 2.87. The Bertz CT molecular complexity index is 883. The van der Waals surface area contributed by atoms with Crippen LogP contribution in [0.3, 0.4) is 0 Å². The molecule has 1 unspecified atom stereocenters. The zero-order chi connectivity index (χ0) is 19.8. The number of fused-ring (bicyclic) bond motifs is 1. The molecule has 0 aliphatic heterocycles. The Balaban J connectivity index is 2.10. The van der Waals surface area contributed by atoms with Crippen molar-refractivity contribution in [3.05, 3.63) is 69.8 Å². The van der Waals surface area contributed by atoms with Gasteiger partial charge in [-0.1, -0.05) is 50.2 Å². The SMILES string of the molecule is COC(=O)c1c(C)cc2c(c1C(=O)O)C(OCc1ccccc1)C(C)(C)C2. The molecule has 2 aromatic carbocycles. The molecule has 5 nitrogen and oxygen atoms in total. The fraction of sp³-hybridized carbons (Fsp3) is 0.364. The van der Waals surface area contributed by atoms with Crippen LogP contribution in [0.2, 0.25) is 0 Å². The molecule has 1 atom stereocenters. The van der Waals surface area contributed by atoms with Crippen LogP contribution < -0.4 is 0 Å². The van der Waals surface area contributed by atoms with E-state index in [1.165, 1.54) is 7.11 Å². The van der Waals surface area contributed by atoms with Gasteiger partial charge >= 0.3 is 11.9 Å². The van der Waals surface area contributed by atoms with Crippen molar-refractivity contribution >= 4 is 11.9 Å². The third-order valence-corrected chi connectivity index (χ3v) is 5.13. The molecule has 0 fully saturated rings. The second-order valence-electron chi connectivity index (χ2n) is 7.65. The van der Waals surface area contributed by atoms with Gasteiger partial charge in [0, 0.05) is 0 Å². The number of benzene rings is 2. The number of carboxylic acids is 1.